The molecule has 0 bridgehead atoms. The van der Waals surface area contributed by atoms with Crippen LogP contribution in [-0.2, 0) is 11.8 Å². The second-order valence-electron chi connectivity index (χ2n) is 15.5. The third kappa shape index (κ3) is 4.71. The smallest absolute Gasteiger partial charge is 0.178 e. The summed E-state index contributed by atoms with van der Waals surface area (Å²) in [7, 11) is 0. The van der Waals surface area contributed by atoms with Crippen molar-refractivity contribution >= 4 is 10.8 Å². The summed E-state index contributed by atoms with van der Waals surface area (Å²) in [5.74, 6) is 3.07. The van der Waals surface area contributed by atoms with E-state index in [1.165, 1.54) is 72.0 Å². The van der Waals surface area contributed by atoms with E-state index in [-0.39, 0.29) is 5.92 Å². The van der Waals surface area contributed by atoms with Crippen LogP contribution in [-0.4, -0.2) is 0 Å². The minimum atomic E-state index is -0.445. The van der Waals surface area contributed by atoms with Gasteiger partial charge in [0.2, 0.25) is 0 Å². The van der Waals surface area contributed by atoms with Gasteiger partial charge in [-0.1, -0.05) is 182 Å². The van der Waals surface area contributed by atoms with E-state index in [0.29, 0.717) is 0 Å². The average Bonchev–Trinajstić information content (AvgIpc) is 3.75. The fourth-order valence-corrected chi connectivity index (χ4v) is 10.1. The molecule has 1 atom stereocenters. The molecule has 1 heterocycles. The lowest BCUT2D eigenvalue weighted by molar-refractivity contribution is 0.356. The summed E-state index contributed by atoms with van der Waals surface area (Å²) < 4.78 is 14.2. The van der Waals surface area contributed by atoms with Crippen LogP contribution in [0.2, 0.25) is 0 Å². The zero-order valence-corrected chi connectivity index (χ0v) is 31.2. The maximum atomic E-state index is 7.12. The number of hydrogen-bond donors (Lipinski definition) is 0. The number of ether oxygens (including phenoxy) is 2. The first-order valence-electron chi connectivity index (χ1n) is 19.8. The van der Waals surface area contributed by atoms with Gasteiger partial charge in [0.05, 0.1) is 5.41 Å². The Hall–Kier alpha value is -7.16. The Kier molecular flexibility index (Phi) is 7.00. The first kappa shape index (κ1) is 32.1. The predicted octanol–water partition coefficient (Wildman–Crippen LogP) is 14.1. The topological polar surface area (TPSA) is 18.5 Å². The van der Waals surface area contributed by atoms with E-state index >= 15 is 0 Å². The molecule has 2 heteroatoms. The van der Waals surface area contributed by atoms with Crippen molar-refractivity contribution in [1.82, 2.24) is 0 Å². The van der Waals surface area contributed by atoms with Gasteiger partial charge in [0.25, 0.3) is 0 Å². The maximum absolute atomic E-state index is 7.12. The molecule has 0 amide bonds. The van der Waals surface area contributed by atoms with Crippen molar-refractivity contribution in [1.29, 1.82) is 0 Å². The Morgan fingerprint density at radius 1 is 0.404 bits per heavy atom. The highest BCUT2D eigenvalue weighted by atomic mass is 16.6. The minimum Gasteiger partial charge on any atom is -0.449 e. The van der Waals surface area contributed by atoms with Crippen LogP contribution in [0.4, 0.5) is 0 Å². The van der Waals surface area contributed by atoms with Gasteiger partial charge in [0, 0.05) is 17.0 Å². The Bertz CT molecular complexity index is 3000. The Morgan fingerprint density at radius 3 is 1.75 bits per heavy atom. The van der Waals surface area contributed by atoms with Gasteiger partial charge < -0.3 is 9.47 Å². The SMILES string of the molecule is c1ccc(CC(c2ccc(-c3ccc4ccccc4c3)cc2)c2cccc3c2Oc2ccc4c(c2O3)-c2ccccc2C42c3ccccc3-c3ccccc32)cc1. The second-order valence-corrected chi connectivity index (χ2v) is 15.5. The molecule has 0 saturated heterocycles. The van der Waals surface area contributed by atoms with Gasteiger partial charge >= 0.3 is 0 Å². The fraction of sp³-hybridized carbons (Fsp3) is 0.0545. The molecule has 0 N–H and O–H groups in total. The summed E-state index contributed by atoms with van der Waals surface area (Å²) in [6, 6.07) is 72.6. The number of hydrogen-bond acceptors (Lipinski definition) is 2. The molecule has 0 fully saturated rings. The largest absolute Gasteiger partial charge is 0.449 e. The van der Waals surface area contributed by atoms with Crippen LogP contribution in [0, 0.1) is 0 Å². The average molecular weight is 729 g/mol. The molecule has 57 heavy (non-hydrogen) atoms. The summed E-state index contributed by atoms with van der Waals surface area (Å²) in [4.78, 5) is 0. The van der Waals surface area contributed by atoms with Gasteiger partial charge in [-0.2, -0.15) is 0 Å². The Morgan fingerprint density at radius 2 is 1.00 bits per heavy atom. The first-order valence-corrected chi connectivity index (χ1v) is 19.8. The molecule has 0 aromatic heterocycles. The van der Waals surface area contributed by atoms with E-state index in [4.69, 9.17) is 9.47 Å². The summed E-state index contributed by atoms with van der Waals surface area (Å²) >= 11 is 0. The lowest BCUT2D eigenvalue weighted by atomic mass is 9.70. The molecule has 2 aliphatic carbocycles. The standard InChI is InChI=1S/C55H36O2/c1-2-13-35(14-3-1)33-45(38-28-25-37(26-29-38)40-30-27-36-15-4-5-16-39(36)34-40)43-20-12-24-50-53(43)56-51-32-31-49-52(54(51)57-50)44-19-8-11-23-48(44)55(49)46-21-9-6-17-41(46)42-18-7-10-22-47(42)55/h1-32,34,45H,33H2. The molecule has 1 spiro atoms. The van der Waals surface area contributed by atoms with Crippen molar-refractivity contribution in [2.45, 2.75) is 17.8 Å². The van der Waals surface area contributed by atoms with Crippen LogP contribution in [0.25, 0.3) is 44.2 Å². The van der Waals surface area contributed by atoms with Crippen LogP contribution in [0.5, 0.6) is 23.0 Å². The van der Waals surface area contributed by atoms with Crippen LogP contribution in [0.3, 0.4) is 0 Å². The molecule has 1 aliphatic heterocycles. The summed E-state index contributed by atoms with van der Waals surface area (Å²) in [6.45, 7) is 0. The van der Waals surface area contributed by atoms with E-state index in [1.54, 1.807) is 0 Å². The van der Waals surface area contributed by atoms with Gasteiger partial charge in [0.1, 0.15) is 0 Å². The summed E-state index contributed by atoms with van der Waals surface area (Å²) in [6.07, 6.45) is 0.821. The zero-order chi connectivity index (χ0) is 37.5. The van der Waals surface area contributed by atoms with E-state index in [1.807, 2.05) is 0 Å². The molecule has 268 valence electrons. The van der Waals surface area contributed by atoms with Crippen molar-refractivity contribution in [3.63, 3.8) is 0 Å². The quantitative estimate of drug-likeness (QED) is 0.176. The van der Waals surface area contributed by atoms with Crippen LogP contribution in [0.15, 0.2) is 200 Å². The molecule has 9 aromatic carbocycles. The second kappa shape index (κ2) is 12.4. The molecule has 9 aromatic rings. The van der Waals surface area contributed by atoms with Crippen molar-refractivity contribution in [3.05, 3.63) is 239 Å². The number of benzene rings is 9. The third-order valence-electron chi connectivity index (χ3n) is 12.6. The number of rotatable bonds is 5. The van der Waals surface area contributed by atoms with Crippen LogP contribution < -0.4 is 9.47 Å². The lowest BCUT2D eigenvalue weighted by Crippen LogP contribution is -2.25. The van der Waals surface area contributed by atoms with Gasteiger partial charge in [-0.15, -0.1) is 0 Å². The van der Waals surface area contributed by atoms with E-state index < -0.39 is 5.41 Å². The first-order chi connectivity index (χ1) is 28.3. The van der Waals surface area contributed by atoms with Gasteiger partial charge in [-0.25, -0.2) is 0 Å². The molecule has 2 nitrogen and oxygen atoms in total. The van der Waals surface area contributed by atoms with Gasteiger partial charge in [0.15, 0.2) is 23.0 Å². The molecular formula is C55H36O2. The molecule has 3 aliphatic rings. The fourth-order valence-electron chi connectivity index (χ4n) is 10.1. The monoisotopic (exact) mass is 728 g/mol. The maximum Gasteiger partial charge on any atom is 0.178 e. The van der Waals surface area contributed by atoms with Crippen LogP contribution in [0.1, 0.15) is 44.9 Å². The summed E-state index contributed by atoms with van der Waals surface area (Å²) in [5, 5.41) is 2.50. The lowest BCUT2D eigenvalue weighted by Gasteiger charge is -2.31. The predicted molar refractivity (Wildman–Crippen MR) is 231 cm³/mol. The van der Waals surface area contributed by atoms with Crippen molar-refractivity contribution in [2.24, 2.45) is 0 Å². The molecule has 0 radical (unpaired) electrons. The molecule has 1 unspecified atom stereocenters. The molecule has 0 saturated carbocycles. The Balaban J connectivity index is 0.977. The minimum absolute atomic E-state index is 0.0306. The highest BCUT2D eigenvalue weighted by Gasteiger charge is 2.53. The highest BCUT2D eigenvalue weighted by molar-refractivity contribution is 5.98. The van der Waals surface area contributed by atoms with Gasteiger partial charge in [-0.05, 0) is 96.6 Å². The zero-order valence-electron chi connectivity index (χ0n) is 31.2. The van der Waals surface area contributed by atoms with E-state index in [0.717, 1.165) is 40.5 Å². The van der Waals surface area contributed by atoms with Crippen LogP contribution >= 0.6 is 0 Å². The molecule has 12 rings (SSSR count). The normalized spacial score (nSPS) is 14.0. The van der Waals surface area contributed by atoms with E-state index in [2.05, 4.69) is 200 Å². The third-order valence-corrected chi connectivity index (χ3v) is 12.6. The number of fused-ring (bicyclic) bond motifs is 14. The van der Waals surface area contributed by atoms with Crippen molar-refractivity contribution in [2.75, 3.05) is 0 Å². The van der Waals surface area contributed by atoms with Gasteiger partial charge in [-0.3, -0.25) is 0 Å². The van der Waals surface area contributed by atoms with Crippen molar-refractivity contribution in [3.8, 4) is 56.4 Å². The summed E-state index contributed by atoms with van der Waals surface area (Å²) in [5.41, 5.74) is 15.6. The highest BCUT2D eigenvalue weighted by Crippen LogP contribution is 2.66. The Labute approximate surface area is 332 Å². The van der Waals surface area contributed by atoms with Crippen molar-refractivity contribution < 1.29 is 9.47 Å². The number of para-hydroxylation sites is 1. The van der Waals surface area contributed by atoms with E-state index in [9.17, 15) is 0 Å². The molecular weight excluding hydrogens is 693 g/mol.